The fourth-order valence-corrected chi connectivity index (χ4v) is 3.51. The van der Waals surface area contributed by atoms with Gasteiger partial charge in [-0.3, -0.25) is 4.99 Å². The second kappa shape index (κ2) is 11.8. The van der Waals surface area contributed by atoms with E-state index in [0.717, 1.165) is 47.5 Å². The molecule has 9 heteroatoms. The third-order valence-electron chi connectivity index (χ3n) is 4.22. The summed E-state index contributed by atoms with van der Waals surface area (Å²) in [5.74, 6) is 1.59. The van der Waals surface area contributed by atoms with Crippen LogP contribution in [0.1, 0.15) is 22.5 Å². The van der Waals surface area contributed by atoms with Crippen molar-refractivity contribution in [2.45, 2.75) is 26.3 Å². The second-order valence-electron chi connectivity index (χ2n) is 6.13. The topological polar surface area (TPSA) is 76.4 Å². The molecule has 2 heterocycles. The summed E-state index contributed by atoms with van der Waals surface area (Å²) in [6, 6.07) is 9.80. The highest BCUT2D eigenvalue weighted by Crippen LogP contribution is 2.15. The highest BCUT2D eigenvalue weighted by Gasteiger charge is 2.05. The number of hydrogen-bond acceptors (Lipinski definition) is 5. The van der Waals surface area contributed by atoms with Crippen LogP contribution < -0.4 is 15.4 Å². The number of aliphatic imine (C=N–C) groups is 1. The Morgan fingerprint density at radius 1 is 1.21 bits per heavy atom. The Morgan fingerprint density at radius 2 is 2.00 bits per heavy atom. The van der Waals surface area contributed by atoms with E-state index in [9.17, 15) is 0 Å². The van der Waals surface area contributed by atoms with Crippen molar-refractivity contribution in [2.75, 3.05) is 20.7 Å². The van der Waals surface area contributed by atoms with E-state index in [1.807, 2.05) is 47.4 Å². The van der Waals surface area contributed by atoms with Crippen molar-refractivity contribution >= 4 is 41.3 Å². The van der Waals surface area contributed by atoms with Crippen molar-refractivity contribution in [3.05, 3.63) is 58.3 Å². The predicted octanol–water partition coefficient (Wildman–Crippen LogP) is 3.43. The molecule has 7 nitrogen and oxygen atoms in total. The quantitative estimate of drug-likeness (QED) is 0.267. The van der Waals surface area contributed by atoms with Crippen LogP contribution >= 0.6 is 35.3 Å². The van der Waals surface area contributed by atoms with Crippen LogP contribution in [-0.2, 0) is 19.4 Å². The molecule has 0 aliphatic heterocycles. The predicted molar refractivity (Wildman–Crippen MR) is 129 cm³/mol. The molecule has 0 spiro atoms. The highest BCUT2D eigenvalue weighted by molar-refractivity contribution is 14.0. The average Bonchev–Trinajstić information content (AvgIpc) is 3.40. The molecule has 0 amide bonds. The van der Waals surface area contributed by atoms with E-state index in [2.05, 4.69) is 32.6 Å². The van der Waals surface area contributed by atoms with Crippen LogP contribution in [-0.4, -0.2) is 41.4 Å². The van der Waals surface area contributed by atoms with E-state index >= 15 is 0 Å². The first-order valence-electron chi connectivity index (χ1n) is 9.29. The van der Waals surface area contributed by atoms with Crippen LogP contribution in [0.4, 0.5) is 0 Å². The van der Waals surface area contributed by atoms with Crippen molar-refractivity contribution in [1.29, 1.82) is 0 Å². The Bertz CT molecular complexity index is 906. The number of guanidine groups is 1. The van der Waals surface area contributed by atoms with Gasteiger partial charge >= 0.3 is 0 Å². The van der Waals surface area contributed by atoms with Crippen molar-refractivity contribution in [3.8, 4) is 11.4 Å². The van der Waals surface area contributed by atoms with Crippen molar-refractivity contribution in [2.24, 2.45) is 4.99 Å². The Labute approximate surface area is 192 Å². The number of nitrogens with one attached hydrogen (secondary N) is 2. The normalized spacial score (nSPS) is 11.1. The fourth-order valence-electron chi connectivity index (χ4n) is 2.64. The molecule has 0 unspecified atom stereocenters. The average molecular weight is 526 g/mol. The van der Waals surface area contributed by atoms with Crippen LogP contribution in [0, 0.1) is 0 Å². The molecule has 0 aliphatic carbocycles. The lowest BCUT2D eigenvalue weighted by molar-refractivity contribution is 0.414. The van der Waals surface area contributed by atoms with Gasteiger partial charge in [-0.15, -0.1) is 35.3 Å². The second-order valence-corrected chi connectivity index (χ2v) is 7.33. The lowest BCUT2D eigenvalue weighted by Crippen LogP contribution is -2.37. The van der Waals surface area contributed by atoms with Gasteiger partial charge in [0.15, 0.2) is 5.96 Å². The number of hydrogen-bond donors (Lipinski definition) is 2. The lowest BCUT2D eigenvalue weighted by Gasteiger charge is -2.10. The van der Waals surface area contributed by atoms with Crippen LogP contribution in [0.25, 0.3) is 5.69 Å². The third kappa shape index (κ3) is 6.70. The minimum atomic E-state index is 0. The van der Waals surface area contributed by atoms with Gasteiger partial charge in [0.05, 0.1) is 30.0 Å². The lowest BCUT2D eigenvalue weighted by atomic mass is 10.3. The molecule has 3 rings (SSSR count). The number of aromatic nitrogens is 3. The van der Waals surface area contributed by atoms with Crippen LogP contribution in [0.15, 0.2) is 47.7 Å². The summed E-state index contributed by atoms with van der Waals surface area (Å²) in [5.41, 5.74) is 1.93. The molecular formula is C20H27IN6OS. The van der Waals surface area contributed by atoms with E-state index in [-0.39, 0.29) is 24.0 Å². The molecule has 1 aromatic carbocycles. The van der Waals surface area contributed by atoms with Crippen LogP contribution in [0.2, 0.25) is 0 Å². The van der Waals surface area contributed by atoms with Gasteiger partial charge in [0, 0.05) is 37.3 Å². The molecule has 0 radical (unpaired) electrons. The number of thiazole rings is 1. The van der Waals surface area contributed by atoms with E-state index in [4.69, 9.17) is 4.74 Å². The highest BCUT2D eigenvalue weighted by atomic mass is 127. The van der Waals surface area contributed by atoms with Crippen molar-refractivity contribution in [3.63, 3.8) is 0 Å². The minimum absolute atomic E-state index is 0. The summed E-state index contributed by atoms with van der Waals surface area (Å²) >= 11 is 1.77. The summed E-state index contributed by atoms with van der Waals surface area (Å²) in [4.78, 5) is 10.0. The molecule has 0 atom stereocenters. The molecule has 0 saturated heterocycles. The first-order valence-corrected chi connectivity index (χ1v) is 10.1. The molecule has 0 aliphatic rings. The Hall–Kier alpha value is -2.14. The summed E-state index contributed by atoms with van der Waals surface area (Å²) in [5, 5.41) is 12.4. The van der Waals surface area contributed by atoms with Crippen molar-refractivity contribution in [1.82, 2.24) is 25.4 Å². The number of nitrogens with zero attached hydrogens (tertiary/aromatic N) is 4. The summed E-state index contributed by atoms with van der Waals surface area (Å²) in [6.07, 6.45) is 5.84. The number of benzene rings is 1. The molecule has 3 aromatic rings. The number of aryl methyl sites for hydroxylation is 1. The zero-order valence-corrected chi connectivity index (χ0v) is 20.0. The van der Waals surface area contributed by atoms with Gasteiger partial charge in [0.2, 0.25) is 0 Å². The fraction of sp³-hybridized carbons (Fsp3) is 0.350. The number of methoxy groups -OCH3 is 1. The van der Waals surface area contributed by atoms with Gasteiger partial charge in [-0.05, 0) is 36.8 Å². The van der Waals surface area contributed by atoms with Gasteiger partial charge in [0.1, 0.15) is 5.75 Å². The molecule has 0 fully saturated rings. The van der Waals surface area contributed by atoms with E-state index in [0.29, 0.717) is 6.54 Å². The largest absolute Gasteiger partial charge is 0.497 e. The monoisotopic (exact) mass is 526 g/mol. The van der Waals surface area contributed by atoms with Gasteiger partial charge in [0.25, 0.3) is 0 Å². The Balaban J connectivity index is 0.00000300. The van der Waals surface area contributed by atoms with Crippen LogP contribution in [0.3, 0.4) is 0 Å². The molecular weight excluding hydrogens is 499 g/mol. The summed E-state index contributed by atoms with van der Waals surface area (Å²) in [7, 11) is 3.43. The van der Waals surface area contributed by atoms with Gasteiger partial charge in [-0.25, -0.2) is 9.67 Å². The molecule has 0 bridgehead atoms. The SMILES string of the molecule is CCc1cnc(CCNC(=NC)NCc2ccn(-c3ccc(OC)cc3)n2)s1.I. The smallest absolute Gasteiger partial charge is 0.191 e. The minimum Gasteiger partial charge on any atom is -0.497 e. The molecule has 2 aromatic heterocycles. The van der Waals surface area contributed by atoms with Gasteiger partial charge < -0.3 is 15.4 Å². The molecule has 2 N–H and O–H groups in total. The zero-order chi connectivity index (χ0) is 19.8. The first kappa shape index (κ1) is 23.1. The summed E-state index contributed by atoms with van der Waals surface area (Å²) < 4.78 is 7.04. The van der Waals surface area contributed by atoms with Gasteiger partial charge in [-0.1, -0.05) is 6.92 Å². The van der Waals surface area contributed by atoms with E-state index in [1.165, 1.54) is 4.88 Å². The van der Waals surface area contributed by atoms with E-state index < -0.39 is 0 Å². The maximum atomic E-state index is 5.19. The Morgan fingerprint density at radius 3 is 2.66 bits per heavy atom. The molecule has 156 valence electrons. The van der Waals surface area contributed by atoms with Crippen LogP contribution in [0.5, 0.6) is 5.75 Å². The van der Waals surface area contributed by atoms with Gasteiger partial charge in [-0.2, -0.15) is 5.10 Å². The summed E-state index contributed by atoms with van der Waals surface area (Å²) in [6.45, 7) is 3.54. The number of rotatable bonds is 8. The Kier molecular flexibility index (Phi) is 9.39. The maximum Gasteiger partial charge on any atom is 0.191 e. The van der Waals surface area contributed by atoms with E-state index in [1.54, 1.807) is 25.5 Å². The standard InChI is InChI=1S/C20H26N6OS.HI/c1-4-18-14-23-19(28-18)9-11-22-20(21-2)24-13-15-10-12-26(25-15)16-5-7-17(27-3)8-6-16;/h5-8,10,12,14H,4,9,11,13H2,1-3H3,(H2,21,22,24);1H. The zero-order valence-electron chi connectivity index (χ0n) is 16.9. The number of halogens is 1. The molecule has 0 saturated carbocycles. The molecule has 29 heavy (non-hydrogen) atoms. The number of ether oxygens (including phenoxy) is 1. The van der Waals surface area contributed by atoms with Crippen molar-refractivity contribution < 1.29 is 4.74 Å². The third-order valence-corrected chi connectivity index (χ3v) is 5.42. The maximum absolute atomic E-state index is 5.19. The first-order chi connectivity index (χ1) is 13.7.